The summed E-state index contributed by atoms with van der Waals surface area (Å²) >= 11 is 0. The van der Waals surface area contributed by atoms with E-state index in [1.54, 1.807) is 12.6 Å². The number of hydroxylamine groups is 1. The largest absolute Gasteiger partial charge is 0.497 e. The maximum Gasteiger partial charge on any atom is 0.315 e. The summed E-state index contributed by atoms with van der Waals surface area (Å²) in [4.78, 5) is 23.4. The molecule has 0 aromatic heterocycles. The first-order valence-corrected chi connectivity index (χ1v) is 7.07. The topological polar surface area (TPSA) is 99.7 Å². The number of nitrogens with one attached hydrogen (secondary N) is 3. The van der Waals surface area contributed by atoms with E-state index in [0.29, 0.717) is 18.7 Å². The van der Waals surface area contributed by atoms with Gasteiger partial charge in [0.15, 0.2) is 0 Å². The molecule has 3 amide bonds. The molecule has 0 aliphatic heterocycles. The molecule has 0 aliphatic rings. The molecular formula is C15H23N3O4. The van der Waals surface area contributed by atoms with Crippen molar-refractivity contribution < 1.29 is 19.5 Å². The van der Waals surface area contributed by atoms with E-state index in [1.165, 1.54) is 0 Å². The Morgan fingerprint density at radius 3 is 2.64 bits per heavy atom. The van der Waals surface area contributed by atoms with Gasteiger partial charge in [0.25, 0.3) is 5.91 Å². The Morgan fingerprint density at radius 2 is 2.05 bits per heavy atom. The molecule has 0 aliphatic carbocycles. The van der Waals surface area contributed by atoms with Crippen molar-refractivity contribution in [1.29, 1.82) is 0 Å². The van der Waals surface area contributed by atoms with Gasteiger partial charge in [-0.3, -0.25) is 10.0 Å². The van der Waals surface area contributed by atoms with E-state index < -0.39 is 18.0 Å². The summed E-state index contributed by atoms with van der Waals surface area (Å²) in [6, 6.07) is 6.05. The molecular weight excluding hydrogens is 286 g/mol. The lowest BCUT2D eigenvalue weighted by atomic mass is 10.0. The summed E-state index contributed by atoms with van der Waals surface area (Å²) < 4.78 is 5.11. The average Bonchev–Trinajstić information content (AvgIpc) is 2.51. The number of urea groups is 1. The quantitative estimate of drug-likeness (QED) is 0.452. The van der Waals surface area contributed by atoms with Crippen LogP contribution in [0.25, 0.3) is 0 Å². The summed E-state index contributed by atoms with van der Waals surface area (Å²) in [6.45, 7) is 4.15. The molecule has 22 heavy (non-hydrogen) atoms. The molecule has 122 valence electrons. The third-order valence-corrected chi connectivity index (χ3v) is 3.03. The maximum absolute atomic E-state index is 11.9. The Hall–Kier alpha value is -2.28. The van der Waals surface area contributed by atoms with Gasteiger partial charge in [-0.25, -0.2) is 10.3 Å². The van der Waals surface area contributed by atoms with Gasteiger partial charge >= 0.3 is 6.03 Å². The average molecular weight is 309 g/mol. The van der Waals surface area contributed by atoms with Crippen LogP contribution in [-0.4, -0.2) is 30.3 Å². The highest BCUT2D eigenvalue weighted by atomic mass is 16.5. The first-order valence-electron chi connectivity index (χ1n) is 7.07. The first kappa shape index (κ1) is 17.8. The van der Waals surface area contributed by atoms with Gasteiger partial charge in [-0.15, -0.1) is 0 Å². The summed E-state index contributed by atoms with van der Waals surface area (Å²) in [5.41, 5.74) is 2.44. The molecule has 1 aromatic carbocycles. The highest BCUT2D eigenvalue weighted by Gasteiger charge is 2.21. The van der Waals surface area contributed by atoms with Crippen LogP contribution in [-0.2, 0) is 11.3 Å². The third kappa shape index (κ3) is 6.01. The molecule has 0 spiro atoms. The summed E-state index contributed by atoms with van der Waals surface area (Å²) in [5, 5.41) is 13.9. The maximum atomic E-state index is 11.9. The van der Waals surface area contributed by atoms with E-state index in [2.05, 4.69) is 10.6 Å². The minimum atomic E-state index is -0.782. The monoisotopic (exact) mass is 309 g/mol. The Kier molecular flexibility index (Phi) is 7.18. The smallest absolute Gasteiger partial charge is 0.315 e. The van der Waals surface area contributed by atoms with Crippen molar-refractivity contribution in [2.75, 3.05) is 7.11 Å². The number of amides is 3. The minimum absolute atomic E-state index is 0.195. The second kappa shape index (κ2) is 8.89. The second-order valence-corrected chi connectivity index (χ2v) is 5.34. The molecule has 0 unspecified atom stereocenters. The Bertz CT molecular complexity index is 505. The van der Waals surface area contributed by atoms with Crippen molar-refractivity contribution in [2.24, 2.45) is 5.92 Å². The zero-order valence-electron chi connectivity index (χ0n) is 13.1. The Balaban J connectivity index is 2.54. The fourth-order valence-corrected chi connectivity index (χ4v) is 1.95. The molecule has 0 bridgehead atoms. The van der Waals surface area contributed by atoms with E-state index in [0.717, 1.165) is 5.56 Å². The lowest BCUT2D eigenvalue weighted by Crippen LogP contribution is -2.49. The fourth-order valence-electron chi connectivity index (χ4n) is 1.95. The van der Waals surface area contributed by atoms with Gasteiger partial charge < -0.3 is 15.4 Å². The molecule has 0 fully saturated rings. The van der Waals surface area contributed by atoms with Gasteiger partial charge in [0.05, 0.1) is 7.11 Å². The lowest BCUT2D eigenvalue weighted by molar-refractivity contribution is -0.131. The molecule has 7 heteroatoms. The van der Waals surface area contributed by atoms with Gasteiger partial charge in [-0.1, -0.05) is 26.0 Å². The van der Waals surface area contributed by atoms with Gasteiger partial charge in [0.2, 0.25) is 0 Å². The van der Waals surface area contributed by atoms with Crippen LogP contribution < -0.4 is 20.9 Å². The van der Waals surface area contributed by atoms with Gasteiger partial charge in [0, 0.05) is 6.54 Å². The number of hydrogen-bond donors (Lipinski definition) is 4. The van der Waals surface area contributed by atoms with Crippen LogP contribution >= 0.6 is 0 Å². The van der Waals surface area contributed by atoms with Crippen molar-refractivity contribution in [3.05, 3.63) is 29.8 Å². The molecule has 4 N–H and O–H groups in total. The van der Waals surface area contributed by atoms with Gasteiger partial charge in [-0.05, 0) is 30.0 Å². The van der Waals surface area contributed by atoms with Crippen LogP contribution in [0.1, 0.15) is 25.8 Å². The molecule has 1 atom stereocenters. The molecule has 1 aromatic rings. The Labute approximate surface area is 130 Å². The van der Waals surface area contributed by atoms with Crippen LogP contribution in [0, 0.1) is 5.92 Å². The second-order valence-electron chi connectivity index (χ2n) is 5.34. The highest BCUT2D eigenvalue weighted by Crippen LogP contribution is 2.12. The summed E-state index contributed by atoms with van der Waals surface area (Å²) in [7, 11) is 1.57. The molecule has 0 saturated carbocycles. The zero-order chi connectivity index (χ0) is 16.5. The van der Waals surface area contributed by atoms with Crippen LogP contribution in [0.3, 0.4) is 0 Å². The number of hydrogen-bond acceptors (Lipinski definition) is 4. The standard InChI is InChI=1S/C15H23N3O4/c1-10(2)7-13(14(19)18-21)17-15(20)16-9-11-5-4-6-12(8-11)22-3/h4-6,8,10,13,21H,7,9H2,1-3H3,(H,18,19)(H2,16,17,20)/t13-/m0/s1. The molecule has 0 saturated heterocycles. The van der Waals surface area contributed by atoms with E-state index >= 15 is 0 Å². The van der Waals surface area contributed by atoms with Crippen molar-refractivity contribution in [2.45, 2.75) is 32.9 Å². The van der Waals surface area contributed by atoms with Gasteiger partial charge in [-0.2, -0.15) is 0 Å². The SMILES string of the molecule is COc1cccc(CNC(=O)N[C@@H](CC(C)C)C(=O)NO)c1. The van der Waals surface area contributed by atoms with Crippen molar-refractivity contribution >= 4 is 11.9 Å². The molecule has 0 radical (unpaired) electrons. The molecule has 7 nitrogen and oxygen atoms in total. The van der Waals surface area contributed by atoms with Crippen LogP contribution in [0.5, 0.6) is 5.75 Å². The predicted octanol–water partition coefficient (Wildman–Crippen LogP) is 1.41. The van der Waals surface area contributed by atoms with E-state index in [4.69, 9.17) is 9.94 Å². The lowest BCUT2D eigenvalue weighted by Gasteiger charge is -2.19. The number of benzene rings is 1. The number of rotatable bonds is 7. The van der Waals surface area contributed by atoms with Crippen LogP contribution in [0.2, 0.25) is 0 Å². The first-order chi connectivity index (χ1) is 10.5. The van der Waals surface area contributed by atoms with E-state index in [-0.39, 0.29) is 5.92 Å². The normalized spacial score (nSPS) is 11.7. The summed E-state index contributed by atoms with van der Waals surface area (Å²) in [6.07, 6.45) is 0.430. The highest BCUT2D eigenvalue weighted by molar-refractivity contribution is 5.86. The van der Waals surface area contributed by atoms with Crippen LogP contribution in [0.4, 0.5) is 4.79 Å². The number of carbonyl (C=O) groups is 2. The predicted molar refractivity (Wildman–Crippen MR) is 81.5 cm³/mol. The Morgan fingerprint density at radius 1 is 1.32 bits per heavy atom. The minimum Gasteiger partial charge on any atom is -0.497 e. The van der Waals surface area contributed by atoms with Crippen molar-refractivity contribution in [1.82, 2.24) is 16.1 Å². The van der Waals surface area contributed by atoms with Gasteiger partial charge in [0.1, 0.15) is 11.8 Å². The summed E-state index contributed by atoms with van der Waals surface area (Å²) in [5.74, 6) is 0.267. The van der Waals surface area contributed by atoms with E-state index in [9.17, 15) is 9.59 Å². The van der Waals surface area contributed by atoms with E-state index in [1.807, 2.05) is 38.1 Å². The van der Waals surface area contributed by atoms with Crippen molar-refractivity contribution in [3.63, 3.8) is 0 Å². The van der Waals surface area contributed by atoms with Crippen molar-refractivity contribution in [3.8, 4) is 5.75 Å². The van der Waals surface area contributed by atoms with Crippen LogP contribution in [0.15, 0.2) is 24.3 Å². The fraction of sp³-hybridized carbons (Fsp3) is 0.467. The molecule has 0 heterocycles. The number of ether oxygens (including phenoxy) is 1. The number of carbonyl (C=O) groups excluding carboxylic acids is 2. The number of methoxy groups -OCH3 is 1. The third-order valence-electron chi connectivity index (χ3n) is 3.03. The zero-order valence-corrected chi connectivity index (χ0v) is 13.1. The molecule has 1 rings (SSSR count).